The molecule has 0 aromatic heterocycles. The van der Waals surface area contributed by atoms with E-state index in [-0.39, 0.29) is 16.7 Å². The lowest BCUT2D eigenvalue weighted by atomic mass is 10.2. The molecule has 0 spiro atoms. The number of rotatable bonds is 3. The molecule has 16 heavy (non-hydrogen) atoms. The highest BCUT2D eigenvalue weighted by atomic mass is 32.1. The van der Waals surface area contributed by atoms with Crippen LogP contribution in [-0.2, 0) is 4.74 Å². The van der Waals surface area contributed by atoms with Crippen LogP contribution in [0.15, 0.2) is 18.2 Å². The summed E-state index contributed by atoms with van der Waals surface area (Å²) in [4.78, 5) is 0.00650. The Labute approximate surface area is 98.3 Å². The molecule has 1 unspecified atom stereocenters. The van der Waals surface area contributed by atoms with Gasteiger partial charge in [0.1, 0.15) is 22.7 Å². The van der Waals surface area contributed by atoms with Crippen LogP contribution in [0, 0.1) is 5.82 Å². The van der Waals surface area contributed by atoms with Crippen molar-refractivity contribution in [2.45, 2.75) is 12.5 Å². The van der Waals surface area contributed by atoms with Gasteiger partial charge in [-0.1, -0.05) is 18.3 Å². The van der Waals surface area contributed by atoms with Crippen molar-refractivity contribution in [1.82, 2.24) is 0 Å². The van der Waals surface area contributed by atoms with Gasteiger partial charge in [-0.25, -0.2) is 4.39 Å². The lowest BCUT2D eigenvalue weighted by Crippen LogP contribution is -2.20. The molecule has 86 valence electrons. The zero-order valence-electron chi connectivity index (χ0n) is 8.61. The van der Waals surface area contributed by atoms with Gasteiger partial charge in [0.2, 0.25) is 0 Å². The second kappa shape index (κ2) is 4.76. The van der Waals surface area contributed by atoms with E-state index in [0.29, 0.717) is 19.0 Å². The maximum Gasteiger partial charge on any atom is 0.137 e. The van der Waals surface area contributed by atoms with Gasteiger partial charge in [0.25, 0.3) is 0 Å². The van der Waals surface area contributed by atoms with E-state index in [1.165, 1.54) is 6.07 Å². The summed E-state index contributed by atoms with van der Waals surface area (Å²) in [7, 11) is 0. The van der Waals surface area contributed by atoms with Crippen LogP contribution >= 0.6 is 12.2 Å². The van der Waals surface area contributed by atoms with Gasteiger partial charge in [-0.15, -0.1) is 0 Å². The molecule has 1 atom stereocenters. The Morgan fingerprint density at radius 1 is 1.56 bits per heavy atom. The third-order valence-corrected chi connectivity index (χ3v) is 2.61. The highest BCUT2D eigenvalue weighted by Gasteiger charge is 2.20. The van der Waals surface area contributed by atoms with Crippen LogP contribution in [0.2, 0.25) is 0 Å². The minimum Gasteiger partial charge on any atom is -0.487 e. The van der Waals surface area contributed by atoms with Crippen LogP contribution in [-0.4, -0.2) is 24.3 Å². The Bertz CT molecular complexity index is 405. The molecule has 1 heterocycles. The fourth-order valence-electron chi connectivity index (χ4n) is 1.63. The number of thiocarbonyl (C=S) groups is 1. The molecule has 1 aliphatic heterocycles. The van der Waals surface area contributed by atoms with Crippen molar-refractivity contribution in [3.05, 3.63) is 29.6 Å². The first-order valence-corrected chi connectivity index (χ1v) is 5.42. The largest absolute Gasteiger partial charge is 0.487 e. The number of halogens is 1. The van der Waals surface area contributed by atoms with Gasteiger partial charge in [0.15, 0.2) is 0 Å². The first-order chi connectivity index (χ1) is 7.68. The molecule has 5 heteroatoms. The summed E-state index contributed by atoms with van der Waals surface area (Å²) in [6.45, 7) is 1.19. The van der Waals surface area contributed by atoms with E-state index in [9.17, 15) is 4.39 Å². The van der Waals surface area contributed by atoms with Gasteiger partial charge >= 0.3 is 0 Å². The van der Waals surface area contributed by atoms with Crippen molar-refractivity contribution >= 4 is 17.2 Å². The van der Waals surface area contributed by atoms with Crippen LogP contribution in [0.4, 0.5) is 4.39 Å². The second-order valence-corrected chi connectivity index (χ2v) is 4.02. The Kier molecular flexibility index (Phi) is 3.36. The first kappa shape index (κ1) is 11.3. The third-order valence-electron chi connectivity index (χ3n) is 2.40. The van der Waals surface area contributed by atoms with Crippen molar-refractivity contribution in [1.29, 1.82) is 0 Å². The molecule has 1 aromatic rings. The predicted octanol–water partition coefficient (Wildman–Crippen LogP) is 1.63. The standard InChI is InChI=1S/C11H12FNO2S/c12-8-2-1-3-9(10(8)11(13)16)15-7-4-5-14-6-7/h1-3,7H,4-6H2,(H2,13,16). The minimum atomic E-state index is -0.455. The molecule has 0 aliphatic carbocycles. The van der Waals surface area contributed by atoms with E-state index in [2.05, 4.69) is 0 Å². The Balaban J connectivity index is 2.25. The molecule has 1 aromatic carbocycles. The molecule has 0 radical (unpaired) electrons. The van der Waals surface area contributed by atoms with Gasteiger partial charge in [-0.2, -0.15) is 0 Å². The maximum atomic E-state index is 13.5. The molecular weight excluding hydrogens is 229 g/mol. The molecule has 3 nitrogen and oxygen atoms in total. The van der Waals surface area contributed by atoms with Crippen LogP contribution in [0.5, 0.6) is 5.75 Å². The van der Waals surface area contributed by atoms with Crippen molar-refractivity contribution in [2.24, 2.45) is 5.73 Å². The number of ether oxygens (including phenoxy) is 2. The number of nitrogens with two attached hydrogens (primary N) is 1. The van der Waals surface area contributed by atoms with E-state index >= 15 is 0 Å². The first-order valence-electron chi connectivity index (χ1n) is 5.01. The highest BCUT2D eigenvalue weighted by molar-refractivity contribution is 7.80. The van der Waals surface area contributed by atoms with Crippen LogP contribution < -0.4 is 10.5 Å². The SMILES string of the molecule is NC(=S)c1c(F)cccc1OC1CCOC1. The molecule has 2 N–H and O–H groups in total. The topological polar surface area (TPSA) is 44.5 Å². The van der Waals surface area contributed by atoms with Gasteiger partial charge in [-0.3, -0.25) is 0 Å². The number of hydrogen-bond donors (Lipinski definition) is 1. The second-order valence-electron chi connectivity index (χ2n) is 3.58. The van der Waals surface area contributed by atoms with Crippen molar-refractivity contribution < 1.29 is 13.9 Å². The molecule has 0 bridgehead atoms. The third kappa shape index (κ3) is 2.31. The fraction of sp³-hybridized carbons (Fsp3) is 0.364. The maximum absolute atomic E-state index is 13.5. The van der Waals surface area contributed by atoms with E-state index in [0.717, 1.165) is 6.42 Å². The molecule has 1 saturated heterocycles. The van der Waals surface area contributed by atoms with E-state index in [1.54, 1.807) is 12.1 Å². The lowest BCUT2D eigenvalue weighted by molar-refractivity contribution is 0.141. The average Bonchev–Trinajstić information content (AvgIpc) is 2.70. The van der Waals surface area contributed by atoms with E-state index < -0.39 is 5.82 Å². The highest BCUT2D eigenvalue weighted by Crippen LogP contribution is 2.24. The van der Waals surface area contributed by atoms with Crippen molar-refractivity contribution in [3.63, 3.8) is 0 Å². The quantitative estimate of drug-likeness (QED) is 0.817. The van der Waals surface area contributed by atoms with Crippen LogP contribution in [0.25, 0.3) is 0 Å². The average molecular weight is 241 g/mol. The smallest absolute Gasteiger partial charge is 0.137 e. The van der Waals surface area contributed by atoms with Crippen molar-refractivity contribution in [2.75, 3.05) is 13.2 Å². The normalized spacial score (nSPS) is 19.7. The Morgan fingerprint density at radius 2 is 2.38 bits per heavy atom. The molecule has 1 aliphatic rings. The van der Waals surface area contributed by atoms with Gasteiger partial charge in [0.05, 0.1) is 18.8 Å². The van der Waals surface area contributed by atoms with Crippen LogP contribution in [0.3, 0.4) is 0 Å². The van der Waals surface area contributed by atoms with Crippen LogP contribution in [0.1, 0.15) is 12.0 Å². The number of benzene rings is 1. The van der Waals surface area contributed by atoms with Crippen molar-refractivity contribution in [3.8, 4) is 5.75 Å². The lowest BCUT2D eigenvalue weighted by Gasteiger charge is -2.15. The number of hydrogen-bond acceptors (Lipinski definition) is 3. The summed E-state index contributed by atoms with van der Waals surface area (Å²) in [5.74, 6) is -0.0630. The Morgan fingerprint density at radius 3 is 3.00 bits per heavy atom. The summed E-state index contributed by atoms with van der Waals surface area (Å²) in [5, 5.41) is 0. The summed E-state index contributed by atoms with van der Waals surface area (Å²) in [6, 6.07) is 4.55. The van der Waals surface area contributed by atoms with Gasteiger partial charge in [-0.05, 0) is 12.1 Å². The summed E-state index contributed by atoms with van der Waals surface area (Å²) >= 11 is 4.80. The molecule has 2 rings (SSSR count). The molecule has 0 amide bonds. The monoisotopic (exact) mass is 241 g/mol. The Hall–Kier alpha value is -1.20. The summed E-state index contributed by atoms with van der Waals surface area (Å²) in [5.41, 5.74) is 5.64. The van der Waals surface area contributed by atoms with E-state index in [4.69, 9.17) is 27.4 Å². The fourth-order valence-corrected chi connectivity index (χ4v) is 1.83. The molecular formula is C11H12FNO2S. The summed E-state index contributed by atoms with van der Waals surface area (Å²) < 4.78 is 24.3. The zero-order valence-corrected chi connectivity index (χ0v) is 9.43. The summed E-state index contributed by atoms with van der Waals surface area (Å²) in [6.07, 6.45) is 0.753. The molecule has 1 fully saturated rings. The van der Waals surface area contributed by atoms with Gasteiger partial charge in [0, 0.05) is 6.42 Å². The van der Waals surface area contributed by atoms with Gasteiger partial charge < -0.3 is 15.2 Å². The zero-order chi connectivity index (χ0) is 11.5. The molecule has 0 saturated carbocycles. The minimum absolute atomic E-state index is 0.00650. The van der Waals surface area contributed by atoms with E-state index in [1.807, 2.05) is 0 Å². The predicted molar refractivity (Wildman–Crippen MR) is 62.1 cm³/mol.